The molecule has 13 heavy (non-hydrogen) atoms. The van der Waals surface area contributed by atoms with Gasteiger partial charge in [0.1, 0.15) is 5.78 Å². The lowest BCUT2D eigenvalue weighted by Gasteiger charge is -2.34. The maximum Gasteiger partial charge on any atom is 0.133 e. The van der Waals surface area contributed by atoms with Gasteiger partial charge < -0.3 is 0 Å². The van der Waals surface area contributed by atoms with Crippen molar-refractivity contribution in [1.82, 2.24) is 0 Å². The van der Waals surface area contributed by atoms with Gasteiger partial charge in [0.25, 0.3) is 0 Å². The Kier molecular flexibility index (Phi) is 3.52. The van der Waals surface area contributed by atoms with E-state index in [2.05, 4.69) is 20.8 Å². The molecule has 3 atom stereocenters. The molecule has 0 radical (unpaired) electrons. The first-order chi connectivity index (χ1) is 6.02. The van der Waals surface area contributed by atoms with Gasteiger partial charge in [-0.3, -0.25) is 4.79 Å². The van der Waals surface area contributed by atoms with Crippen LogP contribution >= 0.6 is 0 Å². The van der Waals surface area contributed by atoms with Gasteiger partial charge in [-0.05, 0) is 43.9 Å². The standard InChI is InChI=1S/C12H22O/c1-8(2)11-6-5-9(3)12(7-11)10(4)13/h8-9,11-12H,5-7H2,1-4H3/t9-,11-,12-/m1/s1. The number of hydrogen-bond donors (Lipinski definition) is 0. The van der Waals surface area contributed by atoms with Crippen molar-refractivity contribution in [3.05, 3.63) is 0 Å². The first kappa shape index (κ1) is 10.7. The fourth-order valence-corrected chi connectivity index (χ4v) is 2.53. The largest absolute Gasteiger partial charge is 0.300 e. The van der Waals surface area contributed by atoms with Gasteiger partial charge in [-0.1, -0.05) is 20.8 Å². The molecular formula is C12H22O. The summed E-state index contributed by atoms with van der Waals surface area (Å²) in [6.07, 6.45) is 3.70. The highest BCUT2D eigenvalue weighted by Crippen LogP contribution is 2.37. The van der Waals surface area contributed by atoms with Gasteiger partial charge in [0.05, 0.1) is 0 Å². The van der Waals surface area contributed by atoms with Crippen LogP contribution in [0.25, 0.3) is 0 Å². The third-order valence-electron chi connectivity index (χ3n) is 3.70. The Morgan fingerprint density at radius 3 is 2.38 bits per heavy atom. The second-order valence-corrected chi connectivity index (χ2v) is 5.01. The molecule has 1 saturated carbocycles. The Hall–Kier alpha value is -0.330. The molecular weight excluding hydrogens is 160 g/mol. The van der Waals surface area contributed by atoms with Crippen LogP contribution in [0, 0.1) is 23.7 Å². The van der Waals surface area contributed by atoms with Gasteiger partial charge in [0, 0.05) is 5.92 Å². The summed E-state index contributed by atoms with van der Waals surface area (Å²) in [5.41, 5.74) is 0. The van der Waals surface area contributed by atoms with Crippen LogP contribution in [-0.4, -0.2) is 5.78 Å². The predicted octanol–water partition coefficient (Wildman–Crippen LogP) is 3.28. The minimum Gasteiger partial charge on any atom is -0.300 e. The number of Topliss-reactive ketones (excluding diaryl/α,β-unsaturated/α-hetero) is 1. The van der Waals surface area contributed by atoms with Gasteiger partial charge in [0.15, 0.2) is 0 Å². The molecule has 0 aromatic carbocycles. The minimum absolute atomic E-state index is 0.348. The number of carbonyl (C=O) groups is 1. The van der Waals surface area contributed by atoms with Crippen LogP contribution < -0.4 is 0 Å². The van der Waals surface area contributed by atoms with E-state index in [0.29, 0.717) is 17.6 Å². The maximum absolute atomic E-state index is 11.4. The van der Waals surface area contributed by atoms with E-state index < -0.39 is 0 Å². The van der Waals surface area contributed by atoms with E-state index in [-0.39, 0.29) is 0 Å². The lowest BCUT2D eigenvalue weighted by atomic mass is 9.70. The molecule has 1 fully saturated rings. The number of hydrogen-bond acceptors (Lipinski definition) is 1. The first-order valence-corrected chi connectivity index (χ1v) is 5.52. The minimum atomic E-state index is 0.348. The molecule has 0 amide bonds. The first-order valence-electron chi connectivity index (χ1n) is 5.52. The molecule has 1 rings (SSSR count). The van der Waals surface area contributed by atoms with Crippen molar-refractivity contribution >= 4 is 5.78 Å². The molecule has 1 aliphatic carbocycles. The summed E-state index contributed by atoms with van der Waals surface area (Å²) in [5, 5.41) is 0. The van der Waals surface area contributed by atoms with Crippen LogP contribution in [0.5, 0.6) is 0 Å². The van der Waals surface area contributed by atoms with Gasteiger partial charge >= 0.3 is 0 Å². The topological polar surface area (TPSA) is 17.1 Å². The van der Waals surface area contributed by atoms with E-state index in [1.54, 1.807) is 6.92 Å². The highest BCUT2D eigenvalue weighted by Gasteiger charge is 2.31. The summed E-state index contributed by atoms with van der Waals surface area (Å²) in [6, 6.07) is 0. The van der Waals surface area contributed by atoms with Crippen LogP contribution in [0.2, 0.25) is 0 Å². The van der Waals surface area contributed by atoms with E-state index >= 15 is 0 Å². The molecule has 1 nitrogen and oxygen atoms in total. The Balaban J connectivity index is 2.58. The monoisotopic (exact) mass is 182 g/mol. The van der Waals surface area contributed by atoms with Crippen molar-refractivity contribution in [2.24, 2.45) is 23.7 Å². The lowest BCUT2D eigenvalue weighted by Crippen LogP contribution is -2.30. The molecule has 0 spiro atoms. The highest BCUT2D eigenvalue weighted by atomic mass is 16.1. The summed E-state index contributed by atoms with van der Waals surface area (Å²) in [4.78, 5) is 11.4. The number of ketones is 1. The molecule has 1 heteroatoms. The zero-order valence-corrected chi connectivity index (χ0v) is 9.34. The fraction of sp³-hybridized carbons (Fsp3) is 0.917. The zero-order valence-electron chi connectivity index (χ0n) is 9.34. The van der Waals surface area contributed by atoms with Crippen LogP contribution in [0.3, 0.4) is 0 Å². The summed E-state index contributed by atoms with van der Waals surface area (Å²) in [5.74, 6) is 2.89. The van der Waals surface area contributed by atoms with E-state index in [1.165, 1.54) is 12.8 Å². The molecule has 0 saturated heterocycles. The SMILES string of the molecule is CC(=O)[C@@H]1C[C@H](C(C)C)CC[C@H]1C. The van der Waals surface area contributed by atoms with E-state index in [1.807, 2.05) is 0 Å². The molecule has 0 N–H and O–H groups in total. The van der Waals surface area contributed by atoms with Crippen molar-refractivity contribution in [2.75, 3.05) is 0 Å². The molecule has 0 aromatic heterocycles. The molecule has 0 bridgehead atoms. The van der Waals surface area contributed by atoms with E-state index in [9.17, 15) is 4.79 Å². The van der Waals surface area contributed by atoms with Crippen LogP contribution in [-0.2, 0) is 4.79 Å². The van der Waals surface area contributed by atoms with Crippen molar-refractivity contribution in [1.29, 1.82) is 0 Å². The predicted molar refractivity (Wildman–Crippen MR) is 55.5 cm³/mol. The van der Waals surface area contributed by atoms with Crippen molar-refractivity contribution in [3.8, 4) is 0 Å². The molecule has 0 aromatic rings. The van der Waals surface area contributed by atoms with Crippen LogP contribution in [0.1, 0.15) is 47.0 Å². The summed E-state index contributed by atoms with van der Waals surface area (Å²) in [7, 11) is 0. The van der Waals surface area contributed by atoms with Crippen LogP contribution in [0.15, 0.2) is 0 Å². The highest BCUT2D eigenvalue weighted by molar-refractivity contribution is 5.78. The average molecular weight is 182 g/mol. The smallest absolute Gasteiger partial charge is 0.133 e. The Morgan fingerprint density at radius 2 is 1.92 bits per heavy atom. The van der Waals surface area contributed by atoms with Crippen LogP contribution in [0.4, 0.5) is 0 Å². The summed E-state index contributed by atoms with van der Waals surface area (Å²) < 4.78 is 0. The van der Waals surface area contributed by atoms with E-state index in [0.717, 1.165) is 18.3 Å². The normalized spacial score (nSPS) is 35.0. The maximum atomic E-state index is 11.4. The zero-order chi connectivity index (χ0) is 10.0. The van der Waals surface area contributed by atoms with Gasteiger partial charge in [0.2, 0.25) is 0 Å². The Morgan fingerprint density at radius 1 is 1.31 bits per heavy atom. The summed E-state index contributed by atoms with van der Waals surface area (Å²) in [6.45, 7) is 8.53. The van der Waals surface area contributed by atoms with E-state index in [4.69, 9.17) is 0 Å². The van der Waals surface area contributed by atoms with Crippen molar-refractivity contribution < 1.29 is 4.79 Å². The Bertz CT molecular complexity index is 184. The Labute approximate surface area is 81.9 Å². The quantitative estimate of drug-likeness (QED) is 0.640. The second-order valence-electron chi connectivity index (χ2n) is 5.01. The number of rotatable bonds is 2. The molecule has 76 valence electrons. The second kappa shape index (κ2) is 4.26. The summed E-state index contributed by atoms with van der Waals surface area (Å²) >= 11 is 0. The van der Waals surface area contributed by atoms with Crippen molar-refractivity contribution in [3.63, 3.8) is 0 Å². The number of carbonyl (C=O) groups excluding carboxylic acids is 1. The van der Waals surface area contributed by atoms with Gasteiger partial charge in [-0.2, -0.15) is 0 Å². The lowest BCUT2D eigenvalue weighted by molar-refractivity contribution is -0.124. The average Bonchev–Trinajstić information content (AvgIpc) is 2.04. The molecule has 0 unspecified atom stereocenters. The molecule has 1 aliphatic rings. The third-order valence-corrected chi connectivity index (χ3v) is 3.70. The van der Waals surface area contributed by atoms with Gasteiger partial charge in [-0.15, -0.1) is 0 Å². The molecule has 0 aliphatic heterocycles. The van der Waals surface area contributed by atoms with Crippen molar-refractivity contribution in [2.45, 2.75) is 47.0 Å². The van der Waals surface area contributed by atoms with Gasteiger partial charge in [-0.25, -0.2) is 0 Å². The fourth-order valence-electron chi connectivity index (χ4n) is 2.53. The third kappa shape index (κ3) is 2.55. The molecule has 0 heterocycles.